The lowest BCUT2D eigenvalue weighted by molar-refractivity contribution is 0.0696. The van der Waals surface area contributed by atoms with E-state index in [1.165, 1.54) is 12.1 Å². The number of thiophene rings is 1. The van der Waals surface area contributed by atoms with Crippen molar-refractivity contribution in [3.05, 3.63) is 50.4 Å². The van der Waals surface area contributed by atoms with Gasteiger partial charge in [-0.3, -0.25) is 4.79 Å². The van der Waals surface area contributed by atoms with E-state index in [0.717, 1.165) is 23.0 Å². The third-order valence-corrected chi connectivity index (χ3v) is 4.27. The molecule has 0 bridgehead atoms. The molecule has 0 aliphatic carbocycles. The first-order valence-electron chi connectivity index (χ1n) is 5.48. The fourth-order valence-corrected chi connectivity index (χ4v) is 2.69. The first-order valence-corrected chi connectivity index (χ1v) is 6.73. The summed E-state index contributed by atoms with van der Waals surface area (Å²) in [5.74, 6) is -2.59. The summed E-state index contributed by atoms with van der Waals surface area (Å²) in [6, 6.07) is 3.26. The summed E-state index contributed by atoms with van der Waals surface area (Å²) in [6.07, 6.45) is 0. The number of rotatable bonds is 3. The van der Waals surface area contributed by atoms with E-state index in [-0.39, 0.29) is 16.1 Å². The molecule has 2 rings (SSSR count). The number of aryl methyl sites for hydroxylation is 1. The van der Waals surface area contributed by atoms with Gasteiger partial charge in [0.2, 0.25) is 0 Å². The standard InChI is InChI=1S/C13H9ClFNO3S/c1-6-5-20-11(10(6)14)12(17)16-9-3-2-7(13(18)19)4-8(9)15/h2-5H,1H3,(H,16,17)(H,18,19). The van der Waals surface area contributed by atoms with Crippen molar-refractivity contribution in [3.63, 3.8) is 0 Å². The maximum atomic E-state index is 13.7. The van der Waals surface area contributed by atoms with E-state index in [1.807, 2.05) is 0 Å². The van der Waals surface area contributed by atoms with Gasteiger partial charge in [-0.05, 0) is 36.1 Å². The van der Waals surface area contributed by atoms with Gasteiger partial charge in [-0.1, -0.05) is 11.6 Å². The Labute approximate surface area is 122 Å². The molecule has 1 aromatic heterocycles. The Kier molecular flexibility index (Phi) is 4.06. The molecular weight excluding hydrogens is 305 g/mol. The van der Waals surface area contributed by atoms with Crippen LogP contribution in [0.15, 0.2) is 23.6 Å². The summed E-state index contributed by atoms with van der Waals surface area (Å²) >= 11 is 7.11. The number of carboxylic acids is 1. The van der Waals surface area contributed by atoms with Crippen LogP contribution in [0.3, 0.4) is 0 Å². The molecular formula is C13H9ClFNO3S. The zero-order valence-corrected chi connectivity index (χ0v) is 11.8. The van der Waals surface area contributed by atoms with Crippen molar-refractivity contribution < 1.29 is 19.1 Å². The minimum absolute atomic E-state index is 0.0953. The zero-order valence-electron chi connectivity index (χ0n) is 10.2. The van der Waals surface area contributed by atoms with Gasteiger partial charge in [0.15, 0.2) is 0 Å². The molecule has 20 heavy (non-hydrogen) atoms. The number of aromatic carboxylic acids is 1. The highest BCUT2D eigenvalue weighted by Gasteiger charge is 2.17. The Bertz CT molecular complexity index is 699. The van der Waals surface area contributed by atoms with Gasteiger partial charge in [0, 0.05) is 0 Å². The fraction of sp³-hybridized carbons (Fsp3) is 0.0769. The maximum absolute atomic E-state index is 13.7. The average molecular weight is 314 g/mol. The van der Waals surface area contributed by atoms with E-state index in [1.54, 1.807) is 12.3 Å². The van der Waals surface area contributed by atoms with Crippen molar-refractivity contribution in [2.75, 3.05) is 5.32 Å². The lowest BCUT2D eigenvalue weighted by atomic mass is 10.2. The Hall–Kier alpha value is -1.92. The van der Waals surface area contributed by atoms with Crippen LogP contribution >= 0.6 is 22.9 Å². The van der Waals surface area contributed by atoms with Crippen molar-refractivity contribution in [2.24, 2.45) is 0 Å². The summed E-state index contributed by atoms with van der Waals surface area (Å²) in [4.78, 5) is 22.9. The second kappa shape index (κ2) is 5.60. The summed E-state index contributed by atoms with van der Waals surface area (Å²) in [5, 5.41) is 13.1. The highest BCUT2D eigenvalue weighted by molar-refractivity contribution is 7.13. The number of carboxylic acid groups (broad SMARTS) is 1. The normalized spacial score (nSPS) is 10.3. The highest BCUT2D eigenvalue weighted by atomic mass is 35.5. The predicted octanol–water partition coefficient (Wildman–Crippen LogP) is 3.80. The van der Waals surface area contributed by atoms with E-state index in [0.29, 0.717) is 5.02 Å². The topological polar surface area (TPSA) is 66.4 Å². The third kappa shape index (κ3) is 2.81. The number of hydrogen-bond acceptors (Lipinski definition) is 3. The minimum atomic E-state index is -1.24. The summed E-state index contributed by atoms with van der Waals surface area (Å²) in [6.45, 7) is 1.76. The predicted molar refractivity (Wildman–Crippen MR) is 75.4 cm³/mol. The van der Waals surface area contributed by atoms with Gasteiger partial charge in [0.25, 0.3) is 5.91 Å². The van der Waals surface area contributed by atoms with Crippen molar-refractivity contribution in [1.29, 1.82) is 0 Å². The maximum Gasteiger partial charge on any atom is 0.335 e. The number of benzene rings is 1. The number of anilines is 1. The van der Waals surface area contributed by atoms with E-state index in [2.05, 4.69) is 5.32 Å². The van der Waals surface area contributed by atoms with E-state index >= 15 is 0 Å². The molecule has 0 unspecified atom stereocenters. The molecule has 104 valence electrons. The lowest BCUT2D eigenvalue weighted by Crippen LogP contribution is -2.12. The van der Waals surface area contributed by atoms with Crippen molar-refractivity contribution in [1.82, 2.24) is 0 Å². The highest BCUT2D eigenvalue weighted by Crippen LogP contribution is 2.28. The Balaban J connectivity index is 2.24. The quantitative estimate of drug-likeness (QED) is 0.905. The van der Waals surface area contributed by atoms with Gasteiger partial charge in [0.1, 0.15) is 10.7 Å². The zero-order chi connectivity index (χ0) is 14.9. The SMILES string of the molecule is Cc1csc(C(=O)Nc2ccc(C(=O)O)cc2F)c1Cl. The molecule has 0 aliphatic heterocycles. The Morgan fingerprint density at radius 2 is 2.10 bits per heavy atom. The smallest absolute Gasteiger partial charge is 0.335 e. The summed E-state index contributed by atoms with van der Waals surface area (Å²) in [5.41, 5.74) is 0.483. The molecule has 0 fully saturated rings. The van der Waals surface area contributed by atoms with Crippen LogP contribution in [0, 0.1) is 12.7 Å². The van der Waals surface area contributed by atoms with Gasteiger partial charge in [-0.15, -0.1) is 11.3 Å². The number of carbonyl (C=O) groups excluding carboxylic acids is 1. The van der Waals surface area contributed by atoms with E-state index in [9.17, 15) is 14.0 Å². The first-order chi connectivity index (χ1) is 9.40. The molecule has 0 radical (unpaired) electrons. The molecule has 1 amide bonds. The van der Waals surface area contributed by atoms with Crippen LogP contribution in [0.5, 0.6) is 0 Å². The molecule has 2 N–H and O–H groups in total. The molecule has 1 heterocycles. The third-order valence-electron chi connectivity index (χ3n) is 2.57. The van der Waals surface area contributed by atoms with Gasteiger partial charge < -0.3 is 10.4 Å². The molecule has 7 heteroatoms. The molecule has 0 spiro atoms. The van der Waals surface area contributed by atoms with Crippen LogP contribution in [0.2, 0.25) is 5.02 Å². The Morgan fingerprint density at radius 3 is 2.60 bits per heavy atom. The number of nitrogens with one attached hydrogen (secondary N) is 1. The minimum Gasteiger partial charge on any atom is -0.478 e. The number of hydrogen-bond donors (Lipinski definition) is 2. The summed E-state index contributed by atoms with van der Waals surface area (Å²) in [7, 11) is 0. The van der Waals surface area contributed by atoms with Gasteiger partial charge in [-0.2, -0.15) is 0 Å². The van der Waals surface area contributed by atoms with Gasteiger partial charge in [0.05, 0.1) is 16.3 Å². The average Bonchev–Trinajstić information content (AvgIpc) is 2.72. The van der Waals surface area contributed by atoms with Crippen molar-refractivity contribution >= 4 is 40.5 Å². The van der Waals surface area contributed by atoms with Gasteiger partial charge in [-0.25, -0.2) is 9.18 Å². The second-order valence-electron chi connectivity index (χ2n) is 4.02. The molecule has 0 saturated carbocycles. The van der Waals surface area contributed by atoms with Crippen molar-refractivity contribution in [3.8, 4) is 0 Å². The monoisotopic (exact) mass is 313 g/mol. The molecule has 1 aromatic carbocycles. The number of halogens is 2. The molecule has 0 saturated heterocycles. The van der Waals surface area contributed by atoms with E-state index in [4.69, 9.17) is 16.7 Å². The first kappa shape index (κ1) is 14.5. The Morgan fingerprint density at radius 1 is 1.40 bits per heavy atom. The number of amides is 1. The van der Waals surface area contributed by atoms with E-state index < -0.39 is 17.7 Å². The molecule has 0 atom stereocenters. The molecule has 0 aliphatic rings. The molecule has 4 nitrogen and oxygen atoms in total. The van der Waals surface area contributed by atoms with Crippen LogP contribution in [-0.2, 0) is 0 Å². The van der Waals surface area contributed by atoms with Crippen molar-refractivity contribution in [2.45, 2.75) is 6.92 Å². The molecule has 2 aromatic rings. The lowest BCUT2D eigenvalue weighted by Gasteiger charge is -2.06. The van der Waals surface area contributed by atoms with Crippen LogP contribution in [0.4, 0.5) is 10.1 Å². The van der Waals surface area contributed by atoms with Gasteiger partial charge >= 0.3 is 5.97 Å². The largest absolute Gasteiger partial charge is 0.478 e. The fourth-order valence-electron chi connectivity index (χ4n) is 1.51. The van der Waals surface area contributed by atoms with Crippen LogP contribution in [0.25, 0.3) is 0 Å². The van der Waals surface area contributed by atoms with Crippen LogP contribution in [0.1, 0.15) is 25.6 Å². The van der Waals surface area contributed by atoms with Crippen LogP contribution < -0.4 is 5.32 Å². The van der Waals surface area contributed by atoms with Crippen LogP contribution in [-0.4, -0.2) is 17.0 Å². The summed E-state index contributed by atoms with van der Waals surface area (Å²) < 4.78 is 13.7. The number of carbonyl (C=O) groups is 2. The second-order valence-corrected chi connectivity index (χ2v) is 5.27.